The van der Waals surface area contributed by atoms with Crippen LogP contribution in [0.15, 0.2) is 0 Å². The van der Waals surface area contributed by atoms with Gasteiger partial charge in [0.2, 0.25) is 0 Å². The fourth-order valence-electron chi connectivity index (χ4n) is 0.308. The Hall–Kier alpha value is 0.170. The Morgan fingerprint density at radius 3 is 2.11 bits per heavy atom. The standard InChI is InChI=1S/C5H10O2S2/c1-3(5(8)9)4(6)7-2/h3,5,8-9H,1-2H3. The van der Waals surface area contributed by atoms with E-state index in [9.17, 15) is 4.79 Å². The van der Waals surface area contributed by atoms with Gasteiger partial charge in [0.1, 0.15) is 0 Å². The van der Waals surface area contributed by atoms with Gasteiger partial charge in [0.05, 0.1) is 17.6 Å². The van der Waals surface area contributed by atoms with E-state index in [1.54, 1.807) is 6.92 Å². The number of methoxy groups -OCH3 is 1. The lowest BCUT2D eigenvalue weighted by Gasteiger charge is -2.09. The summed E-state index contributed by atoms with van der Waals surface area (Å²) in [7, 11) is 1.35. The third-order valence-electron chi connectivity index (χ3n) is 1.02. The molecule has 1 atom stereocenters. The summed E-state index contributed by atoms with van der Waals surface area (Å²) in [4.78, 5) is 10.6. The van der Waals surface area contributed by atoms with Gasteiger partial charge in [-0.15, -0.1) is 0 Å². The van der Waals surface area contributed by atoms with E-state index in [1.807, 2.05) is 0 Å². The largest absolute Gasteiger partial charge is 0.469 e. The van der Waals surface area contributed by atoms with Crippen LogP contribution in [0.3, 0.4) is 0 Å². The zero-order chi connectivity index (χ0) is 7.44. The molecule has 0 radical (unpaired) electrons. The first-order valence-corrected chi connectivity index (χ1v) is 3.57. The lowest BCUT2D eigenvalue weighted by molar-refractivity contribution is -0.144. The number of rotatable bonds is 2. The van der Waals surface area contributed by atoms with Gasteiger partial charge in [-0.05, 0) is 0 Å². The van der Waals surface area contributed by atoms with Crippen molar-refractivity contribution in [3.63, 3.8) is 0 Å². The fraction of sp³-hybridized carbons (Fsp3) is 0.800. The molecule has 0 aliphatic rings. The summed E-state index contributed by atoms with van der Waals surface area (Å²) in [6, 6.07) is 0. The molecule has 9 heavy (non-hydrogen) atoms. The maximum Gasteiger partial charge on any atom is 0.310 e. The highest BCUT2D eigenvalue weighted by Gasteiger charge is 2.17. The Balaban J connectivity index is 3.72. The maximum absolute atomic E-state index is 10.6. The minimum absolute atomic E-state index is 0.238. The van der Waals surface area contributed by atoms with Crippen LogP contribution in [0.25, 0.3) is 0 Å². The molecule has 54 valence electrons. The number of ether oxygens (including phenoxy) is 1. The van der Waals surface area contributed by atoms with Gasteiger partial charge < -0.3 is 4.74 Å². The fourth-order valence-corrected chi connectivity index (χ4v) is 0.551. The molecule has 0 rings (SSSR count). The van der Waals surface area contributed by atoms with Crippen LogP contribution in [-0.4, -0.2) is 17.7 Å². The van der Waals surface area contributed by atoms with Gasteiger partial charge in [-0.2, -0.15) is 25.3 Å². The summed E-state index contributed by atoms with van der Waals surface area (Å²) in [5, 5.41) is 0. The van der Waals surface area contributed by atoms with Crippen LogP contribution in [0.1, 0.15) is 6.92 Å². The Bertz CT molecular complexity index is 103. The normalized spacial score (nSPS) is 13.4. The number of hydrogen-bond donors (Lipinski definition) is 2. The molecule has 0 aromatic carbocycles. The summed E-state index contributed by atoms with van der Waals surface area (Å²) in [6.07, 6.45) is 0. The molecule has 0 N–H and O–H groups in total. The minimum atomic E-state index is -0.273. The molecule has 0 saturated carbocycles. The van der Waals surface area contributed by atoms with Gasteiger partial charge in [-0.3, -0.25) is 4.79 Å². The average molecular weight is 166 g/mol. The number of esters is 1. The molecule has 0 heterocycles. The van der Waals surface area contributed by atoms with Crippen LogP contribution in [0.2, 0.25) is 0 Å². The Morgan fingerprint density at radius 1 is 1.56 bits per heavy atom. The van der Waals surface area contributed by atoms with Crippen molar-refractivity contribution in [2.75, 3.05) is 7.11 Å². The van der Waals surface area contributed by atoms with Crippen LogP contribution in [0.5, 0.6) is 0 Å². The molecule has 1 unspecified atom stereocenters. The molecule has 0 saturated heterocycles. The summed E-state index contributed by atoms with van der Waals surface area (Å²) in [5.41, 5.74) is 0. The van der Waals surface area contributed by atoms with Crippen molar-refractivity contribution in [3.05, 3.63) is 0 Å². The second-order valence-corrected chi connectivity index (χ2v) is 3.25. The van der Waals surface area contributed by atoms with Crippen LogP contribution < -0.4 is 0 Å². The molecule has 4 heteroatoms. The molecule has 0 fully saturated rings. The van der Waals surface area contributed by atoms with Crippen molar-refractivity contribution in [1.29, 1.82) is 0 Å². The summed E-state index contributed by atoms with van der Waals surface area (Å²) in [5.74, 6) is -0.522. The van der Waals surface area contributed by atoms with E-state index in [2.05, 4.69) is 30.0 Å². The highest BCUT2D eigenvalue weighted by atomic mass is 32.2. The average Bonchev–Trinajstić information content (AvgIpc) is 1.84. The second-order valence-electron chi connectivity index (χ2n) is 1.73. The predicted molar refractivity (Wildman–Crippen MR) is 42.9 cm³/mol. The summed E-state index contributed by atoms with van der Waals surface area (Å²) < 4.78 is 4.20. The summed E-state index contributed by atoms with van der Waals surface area (Å²) in [6.45, 7) is 1.72. The van der Waals surface area contributed by atoms with E-state index in [0.29, 0.717) is 0 Å². The Morgan fingerprint density at radius 2 is 2.00 bits per heavy atom. The molecule has 2 nitrogen and oxygen atoms in total. The molecule has 0 aliphatic heterocycles. The topological polar surface area (TPSA) is 26.3 Å². The molecular weight excluding hydrogens is 156 g/mol. The van der Waals surface area contributed by atoms with Gasteiger partial charge in [-0.1, -0.05) is 6.92 Å². The lowest BCUT2D eigenvalue weighted by Crippen LogP contribution is -2.18. The van der Waals surface area contributed by atoms with Crippen molar-refractivity contribution >= 4 is 31.2 Å². The smallest absolute Gasteiger partial charge is 0.310 e. The SMILES string of the molecule is COC(=O)C(C)C(S)S. The third-order valence-corrected chi connectivity index (χ3v) is 1.91. The first kappa shape index (κ1) is 9.17. The molecule has 0 aromatic heterocycles. The minimum Gasteiger partial charge on any atom is -0.469 e. The molecule has 0 amide bonds. The number of thiol groups is 2. The van der Waals surface area contributed by atoms with E-state index in [1.165, 1.54) is 7.11 Å². The van der Waals surface area contributed by atoms with Crippen molar-refractivity contribution in [2.45, 2.75) is 11.5 Å². The Kier molecular flexibility index (Phi) is 4.14. The summed E-state index contributed by atoms with van der Waals surface area (Å²) >= 11 is 7.90. The number of carbonyl (C=O) groups excluding carboxylic acids is 1. The van der Waals surface area contributed by atoms with Crippen LogP contribution in [0, 0.1) is 5.92 Å². The predicted octanol–water partition coefficient (Wildman–Crippen LogP) is 0.981. The zero-order valence-electron chi connectivity index (χ0n) is 5.37. The van der Waals surface area contributed by atoms with E-state index >= 15 is 0 Å². The monoisotopic (exact) mass is 166 g/mol. The number of carbonyl (C=O) groups is 1. The van der Waals surface area contributed by atoms with Gasteiger partial charge in [0.25, 0.3) is 0 Å². The molecule has 0 aromatic rings. The van der Waals surface area contributed by atoms with E-state index in [0.717, 1.165) is 0 Å². The lowest BCUT2D eigenvalue weighted by atomic mass is 10.2. The van der Waals surface area contributed by atoms with Crippen molar-refractivity contribution < 1.29 is 9.53 Å². The van der Waals surface area contributed by atoms with Gasteiger partial charge >= 0.3 is 5.97 Å². The molecular formula is C5H10O2S2. The van der Waals surface area contributed by atoms with Crippen LogP contribution in [-0.2, 0) is 9.53 Å². The van der Waals surface area contributed by atoms with Crippen LogP contribution in [0.4, 0.5) is 0 Å². The van der Waals surface area contributed by atoms with Gasteiger partial charge in [0.15, 0.2) is 0 Å². The first-order valence-electron chi connectivity index (χ1n) is 2.53. The van der Waals surface area contributed by atoms with Crippen molar-refractivity contribution in [1.82, 2.24) is 0 Å². The Labute approximate surface area is 65.8 Å². The number of hydrogen-bond acceptors (Lipinski definition) is 4. The van der Waals surface area contributed by atoms with E-state index < -0.39 is 0 Å². The van der Waals surface area contributed by atoms with Crippen molar-refractivity contribution in [3.8, 4) is 0 Å². The van der Waals surface area contributed by atoms with E-state index in [4.69, 9.17) is 0 Å². The first-order chi connectivity index (χ1) is 4.09. The zero-order valence-corrected chi connectivity index (χ0v) is 7.15. The molecule has 0 bridgehead atoms. The van der Waals surface area contributed by atoms with Crippen LogP contribution >= 0.6 is 25.3 Å². The van der Waals surface area contributed by atoms with E-state index in [-0.39, 0.29) is 16.5 Å². The molecule has 0 spiro atoms. The highest BCUT2D eigenvalue weighted by molar-refractivity contribution is 7.99. The quantitative estimate of drug-likeness (QED) is 0.363. The highest BCUT2D eigenvalue weighted by Crippen LogP contribution is 2.14. The second kappa shape index (κ2) is 4.06. The third kappa shape index (κ3) is 3.01. The van der Waals surface area contributed by atoms with Crippen molar-refractivity contribution in [2.24, 2.45) is 5.92 Å². The van der Waals surface area contributed by atoms with Gasteiger partial charge in [0, 0.05) is 0 Å². The molecule has 0 aliphatic carbocycles. The maximum atomic E-state index is 10.6. The van der Waals surface area contributed by atoms with Gasteiger partial charge in [-0.25, -0.2) is 0 Å².